The Labute approximate surface area is 111 Å². The molecule has 0 saturated carbocycles. The number of nitrogens with two attached hydrogens (primary N) is 1. The predicted octanol–water partition coefficient (Wildman–Crippen LogP) is 0.957. The van der Waals surface area contributed by atoms with E-state index in [-0.39, 0.29) is 0 Å². The van der Waals surface area contributed by atoms with Gasteiger partial charge in [-0.3, -0.25) is 0 Å². The molecule has 98 valence electrons. The molecule has 6 heteroatoms. The molecule has 0 spiro atoms. The Hall–Kier alpha value is -2.21. The van der Waals surface area contributed by atoms with Gasteiger partial charge in [0.05, 0.1) is 13.2 Å². The third-order valence-electron chi connectivity index (χ3n) is 3.02. The fourth-order valence-electron chi connectivity index (χ4n) is 2.01. The first kappa shape index (κ1) is 11.9. The summed E-state index contributed by atoms with van der Waals surface area (Å²) in [5, 5.41) is 0. The lowest BCUT2D eigenvalue weighted by Crippen LogP contribution is -2.36. The highest BCUT2D eigenvalue weighted by Gasteiger charge is 2.12. The van der Waals surface area contributed by atoms with Gasteiger partial charge in [0.1, 0.15) is 11.6 Å². The van der Waals surface area contributed by atoms with E-state index in [1.54, 1.807) is 18.5 Å². The molecule has 1 fully saturated rings. The van der Waals surface area contributed by atoms with Crippen molar-refractivity contribution in [1.29, 1.82) is 0 Å². The van der Waals surface area contributed by atoms with Gasteiger partial charge in [-0.25, -0.2) is 15.0 Å². The topological polar surface area (TPSA) is 77.2 Å². The monoisotopic (exact) mass is 257 g/mol. The minimum Gasteiger partial charge on any atom is -0.384 e. The number of hydrogen-bond donors (Lipinski definition) is 1. The van der Waals surface area contributed by atoms with Gasteiger partial charge in [0.2, 0.25) is 0 Å². The van der Waals surface area contributed by atoms with Crippen LogP contribution in [0.2, 0.25) is 0 Å². The molecule has 6 nitrogen and oxygen atoms in total. The van der Waals surface area contributed by atoms with Crippen LogP contribution in [0.1, 0.15) is 0 Å². The molecule has 0 unspecified atom stereocenters. The highest BCUT2D eigenvalue weighted by Crippen LogP contribution is 2.18. The number of rotatable bonds is 2. The lowest BCUT2D eigenvalue weighted by Gasteiger charge is -2.27. The van der Waals surface area contributed by atoms with Crippen LogP contribution in [0.15, 0.2) is 30.6 Å². The summed E-state index contributed by atoms with van der Waals surface area (Å²) in [6, 6.07) is 5.61. The van der Waals surface area contributed by atoms with Crippen molar-refractivity contribution in [1.82, 2.24) is 15.0 Å². The van der Waals surface area contributed by atoms with Gasteiger partial charge < -0.3 is 15.4 Å². The molecular weight excluding hydrogens is 242 g/mol. The van der Waals surface area contributed by atoms with E-state index >= 15 is 0 Å². The van der Waals surface area contributed by atoms with Crippen molar-refractivity contribution in [2.24, 2.45) is 0 Å². The number of morpholine rings is 1. The molecule has 0 amide bonds. The van der Waals surface area contributed by atoms with Crippen LogP contribution in [-0.4, -0.2) is 41.3 Å². The van der Waals surface area contributed by atoms with E-state index in [0.717, 1.165) is 37.7 Å². The van der Waals surface area contributed by atoms with E-state index < -0.39 is 0 Å². The summed E-state index contributed by atoms with van der Waals surface area (Å²) in [5.74, 6) is 2.01. The number of aromatic nitrogens is 3. The molecular formula is C13H15N5O. The smallest absolute Gasteiger partial charge is 0.163 e. The highest BCUT2D eigenvalue weighted by molar-refractivity contribution is 5.57. The molecule has 3 rings (SSSR count). The Bertz CT molecular complexity index is 551. The standard InChI is InChI=1S/C13H15N5O/c14-11-3-4-15-13(17-11)10-1-2-12(16-9-10)18-5-7-19-8-6-18/h1-4,9H,5-8H2,(H2,14,15,17). The van der Waals surface area contributed by atoms with Gasteiger partial charge in [-0.2, -0.15) is 0 Å². The van der Waals surface area contributed by atoms with E-state index in [2.05, 4.69) is 19.9 Å². The molecule has 1 aliphatic rings. The molecule has 0 bridgehead atoms. The van der Waals surface area contributed by atoms with E-state index in [9.17, 15) is 0 Å². The molecule has 3 heterocycles. The van der Waals surface area contributed by atoms with E-state index in [1.807, 2.05) is 12.1 Å². The van der Waals surface area contributed by atoms with Crippen molar-refractivity contribution in [3.8, 4) is 11.4 Å². The second-order valence-corrected chi connectivity index (χ2v) is 4.31. The SMILES string of the molecule is Nc1ccnc(-c2ccc(N3CCOCC3)nc2)n1. The molecule has 2 aromatic heterocycles. The number of nitrogens with zero attached hydrogens (tertiary/aromatic N) is 4. The second kappa shape index (κ2) is 5.19. The van der Waals surface area contributed by atoms with Gasteiger partial charge >= 0.3 is 0 Å². The maximum atomic E-state index is 5.65. The Kier molecular flexibility index (Phi) is 3.24. The fourth-order valence-corrected chi connectivity index (χ4v) is 2.01. The zero-order valence-electron chi connectivity index (χ0n) is 10.5. The van der Waals surface area contributed by atoms with Crippen molar-refractivity contribution in [2.45, 2.75) is 0 Å². The largest absolute Gasteiger partial charge is 0.384 e. The minimum atomic E-state index is 0.460. The summed E-state index contributed by atoms with van der Waals surface area (Å²) < 4.78 is 5.32. The summed E-state index contributed by atoms with van der Waals surface area (Å²) in [6.45, 7) is 3.26. The average Bonchev–Trinajstić information content (AvgIpc) is 2.48. The lowest BCUT2D eigenvalue weighted by molar-refractivity contribution is 0.122. The summed E-state index contributed by atoms with van der Waals surface area (Å²) in [6.07, 6.45) is 3.42. The fraction of sp³-hybridized carbons (Fsp3) is 0.308. The van der Waals surface area contributed by atoms with Crippen molar-refractivity contribution < 1.29 is 4.74 Å². The quantitative estimate of drug-likeness (QED) is 0.863. The lowest BCUT2D eigenvalue weighted by atomic mass is 10.2. The molecule has 2 aromatic rings. The van der Waals surface area contributed by atoms with Crippen molar-refractivity contribution >= 4 is 11.6 Å². The first-order valence-electron chi connectivity index (χ1n) is 6.20. The van der Waals surface area contributed by atoms with Crippen LogP contribution in [0.25, 0.3) is 11.4 Å². The number of hydrogen-bond acceptors (Lipinski definition) is 6. The first-order chi connectivity index (χ1) is 9.33. The zero-order valence-corrected chi connectivity index (χ0v) is 10.5. The summed E-state index contributed by atoms with van der Waals surface area (Å²) in [7, 11) is 0. The Morgan fingerprint density at radius 2 is 1.95 bits per heavy atom. The van der Waals surface area contributed by atoms with Crippen molar-refractivity contribution in [3.63, 3.8) is 0 Å². The van der Waals surface area contributed by atoms with Crippen LogP contribution >= 0.6 is 0 Å². The molecule has 0 radical (unpaired) electrons. The number of pyridine rings is 1. The highest BCUT2D eigenvalue weighted by atomic mass is 16.5. The number of ether oxygens (including phenoxy) is 1. The molecule has 1 saturated heterocycles. The average molecular weight is 257 g/mol. The molecule has 19 heavy (non-hydrogen) atoms. The van der Waals surface area contributed by atoms with Crippen molar-refractivity contribution in [2.75, 3.05) is 36.9 Å². The molecule has 1 aliphatic heterocycles. The van der Waals surface area contributed by atoms with Crippen LogP contribution in [0.5, 0.6) is 0 Å². The van der Waals surface area contributed by atoms with Crippen LogP contribution in [0, 0.1) is 0 Å². The molecule has 0 atom stereocenters. The minimum absolute atomic E-state index is 0.460. The van der Waals surface area contributed by atoms with Crippen LogP contribution < -0.4 is 10.6 Å². The maximum Gasteiger partial charge on any atom is 0.163 e. The number of anilines is 2. The third-order valence-corrected chi connectivity index (χ3v) is 3.02. The Balaban J connectivity index is 1.82. The Morgan fingerprint density at radius 1 is 1.11 bits per heavy atom. The second-order valence-electron chi connectivity index (χ2n) is 4.31. The predicted molar refractivity (Wildman–Crippen MR) is 72.7 cm³/mol. The van der Waals surface area contributed by atoms with Crippen LogP contribution in [-0.2, 0) is 4.74 Å². The van der Waals surface area contributed by atoms with Gasteiger partial charge in [0.15, 0.2) is 5.82 Å². The first-order valence-corrected chi connectivity index (χ1v) is 6.20. The Morgan fingerprint density at radius 3 is 2.63 bits per heavy atom. The molecule has 2 N–H and O–H groups in total. The van der Waals surface area contributed by atoms with E-state index in [4.69, 9.17) is 10.5 Å². The van der Waals surface area contributed by atoms with E-state index in [1.165, 1.54) is 0 Å². The van der Waals surface area contributed by atoms with Gasteiger partial charge in [-0.05, 0) is 18.2 Å². The normalized spacial score (nSPS) is 15.5. The van der Waals surface area contributed by atoms with Gasteiger partial charge in [0, 0.05) is 31.0 Å². The van der Waals surface area contributed by atoms with Gasteiger partial charge in [-0.1, -0.05) is 0 Å². The number of nitrogen functional groups attached to an aromatic ring is 1. The van der Waals surface area contributed by atoms with E-state index in [0.29, 0.717) is 11.6 Å². The van der Waals surface area contributed by atoms with Crippen LogP contribution in [0.3, 0.4) is 0 Å². The zero-order chi connectivity index (χ0) is 13.1. The summed E-state index contributed by atoms with van der Waals surface area (Å²) in [5.41, 5.74) is 6.51. The van der Waals surface area contributed by atoms with Crippen molar-refractivity contribution in [3.05, 3.63) is 30.6 Å². The third kappa shape index (κ3) is 2.63. The maximum absolute atomic E-state index is 5.65. The van der Waals surface area contributed by atoms with Gasteiger partial charge in [0.25, 0.3) is 0 Å². The summed E-state index contributed by atoms with van der Waals surface area (Å²) in [4.78, 5) is 15.0. The summed E-state index contributed by atoms with van der Waals surface area (Å²) >= 11 is 0. The molecule has 0 aliphatic carbocycles. The molecule has 0 aromatic carbocycles. The van der Waals surface area contributed by atoms with Gasteiger partial charge in [-0.15, -0.1) is 0 Å². The van der Waals surface area contributed by atoms with Crippen LogP contribution in [0.4, 0.5) is 11.6 Å².